The Balaban J connectivity index is 1.33. The zero-order valence-corrected chi connectivity index (χ0v) is 39.5. The fourth-order valence-electron chi connectivity index (χ4n) is 9.91. The summed E-state index contributed by atoms with van der Waals surface area (Å²) in [6.07, 6.45) is 11.9. The molecule has 68 heavy (non-hydrogen) atoms. The number of H-pyrrole nitrogens is 1. The second-order valence-corrected chi connectivity index (χ2v) is 18.4. The van der Waals surface area contributed by atoms with Crippen LogP contribution in [0, 0.1) is 51.7 Å². The molecule has 0 saturated heterocycles. The Morgan fingerprint density at radius 3 is 1.66 bits per heavy atom. The first-order chi connectivity index (χ1) is 32.7. The molecule has 334 valence electrons. The quantitative estimate of drug-likeness (QED) is 0.0973. The number of nitrogens with zero attached hydrogens (tertiary/aromatic N) is 4. The van der Waals surface area contributed by atoms with Gasteiger partial charge in [-0.05, 0) is 165 Å². The van der Waals surface area contributed by atoms with Gasteiger partial charge in [0.25, 0.3) is 5.69 Å². The number of benzene rings is 5. The number of rotatable bonds is 7. The highest BCUT2D eigenvalue weighted by atomic mass is 35.5. The lowest BCUT2D eigenvalue weighted by Gasteiger charge is -2.33. The maximum absolute atomic E-state index is 14.8. The van der Waals surface area contributed by atoms with Gasteiger partial charge in [-0.25, -0.2) is 19.8 Å². The summed E-state index contributed by atoms with van der Waals surface area (Å²) in [6.45, 7) is 12.5. The minimum atomic E-state index is -1.74. The number of non-ortho nitro benzene ring substituents is 1. The van der Waals surface area contributed by atoms with Crippen LogP contribution in [-0.4, -0.2) is 33.0 Å². The van der Waals surface area contributed by atoms with Crippen LogP contribution in [0.15, 0.2) is 178 Å². The molecule has 1 N–H and O–H groups in total. The molecular weight excluding hydrogens is 890 g/mol. The van der Waals surface area contributed by atoms with E-state index in [2.05, 4.69) is 70.8 Å². The van der Waals surface area contributed by atoms with Crippen molar-refractivity contribution in [3.05, 3.63) is 255 Å². The molecule has 5 heterocycles. The monoisotopic (exact) mass is 931 g/mol. The molecule has 6 aromatic rings. The van der Waals surface area contributed by atoms with Crippen molar-refractivity contribution in [2.75, 3.05) is 0 Å². The number of allylic oxidation sites excluding steroid dienone is 7. The van der Waals surface area contributed by atoms with E-state index in [0.29, 0.717) is 55.5 Å². The number of fused-ring (bicyclic) bond motifs is 5. The van der Waals surface area contributed by atoms with Gasteiger partial charge in [-0.3, -0.25) is 10.1 Å². The molecule has 0 aliphatic carbocycles. The second kappa shape index (κ2) is 17.2. The number of esters is 1. The third-order valence-electron chi connectivity index (χ3n) is 12.7. The molecule has 0 radical (unpaired) electrons. The number of aromatic nitrogens is 1. The fraction of sp³-hybridized carbons (Fsp3) is 0.123. The van der Waals surface area contributed by atoms with E-state index in [-0.39, 0.29) is 11.3 Å². The largest absolute Gasteiger partial charge is 0.437 e. The van der Waals surface area contributed by atoms with Crippen LogP contribution in [0.3, 0.4) is 0 Å². The number of aromatic amines is 1. The Labute approximate surface area is 403 Å². The van der Waals surface area contributed by atoms with E-state index in [1.807, 2.05) is 85.0 Å². The highest BCUT2D eigenvalue weighted by molar-refractivity contribution is 6.36. The van der Waals surface area contributed by atoms with E-state index >= 15 is 0 Å². The maximum atomic E-state index is 14.8. The zero-order chi connectivity index (χ0) is 47.6. The van der Waals surface area contributed by atoms with Gasteiger partial charge in [-0.2, -0.15) is 0 Å². The second-order valence-electron chi connectivity index (χ2n) is 17.5. The summed E-state index contributed by atoms with van der Waals surface area (Å²) in [6, 6.07) is 32.8. The number of carbonyl (C=O) groups is 1. The lowest BCUT2D eigenvalue weighted by molar-refractivity contribution is -0.384. The van der Waals surface area contributed by atoms with E-state index < -0.39 is 16.5 Å². The van der Waals surface area contributed by atoms with E-state index in [0.717, 1.165) is 72.5 Å². The van der Waals surface area contributed by atoms with E-state index in [1.54, 1.807) is 12.1 Å². The van der Waals surface area contributed by atoms with Crippen molar-refractivity contribution in [2.45, 2.75) is 47.1 Å². The van der Waals surface area contributed by atoms with Gasteiger partial charge in [0.05, 0.1) is 50.4 Å². The highest BCUT2D eigenvalue weighted by Crippen LogP contribution is 2.45. The first-order valence-electron chi connectivity index (χ1n) is 22.1. The molecule has 4 aliphatic rings. The van der Waals surface area contributed by atoms with Gasteiger partial charge in [0.15, 0.2) is 0 Å². The lowest BCUT2D eigenvalue weighted by atomic mass is 9.85. The highest BCUT2D eigenvalue weighted by Gasteiger charge is 2.46. The summed E-state index contributed by atoms with van der Waals surface area (Å²) < 4.78 is 6.92. The molecule has 0 saturated carbocycles. The van der Waals surface area contributed by atoms with E-state index in [4.69, 9.17) is 42.9 Å². The van der Waals surface area contributed by atoms with Gasteiger partial charge in [-0.15, -0.1) is 0 Å². The number of nitro benzene ring substituents is 1. The van der Waals surface area contributed by atoms with Crippen LogP contribution in [0.1, 0.15) is 77.4 Å². The van der Waals surface area contributed by atoms with Crippen LogP contribution in [0.2, 0.25) is 10.0 Å². The van der Waals surface area contributed by atoms with Crippen LogP contribution < -0.4 is 0 Å². The standard InChI is InChI=1S/C57H43Cl2N5O4/c1-31-27-33(3)51(34(4)28-31)54-45-21-19-43(60-45)53(37-7-13-40(58)14-8-37)44-20-22-46(61-44)55(52-35(5)29-32(2)30-36(52)6)48-24-26-50(63-48)57(49-25-23-47(54)62-49,39-11-15-41(59)16-12-39)68-56(65)38-9-17-42(18-10-38)64(66)67/h7-30,62H,1-6H3/b53-44?,54-45?,55-48+. The van der Waals surface area contributed by atoms with Gasteiger partial charge < -0.3 is 9.72 Å². The van der Waals surface area contributed by atoms with Crippen molar-refractivity contribution in [1.82, 2.24) is 4.98 Å². The lowest BCUT2D eigenvalue weighted by Crippen LogP contribution is -2.41. The van der Waals surface area contributed by atoms with Crippen molar-refractivity contribution in [3.63, 3.8) is 0 Å². The van der Waals surface area contributed by atoms with Crippen LogP contribution in [-0.2, 0) is 10.3 Å². The number of nitrogens with one attached hydrogen (secondary N) is 1. The summed E-state index contributed by atoms with van der Waals surface area (Å²) in [5.74, 6) is -0.733. The number of aryl methyl sites for hydroxylation is 6. The predicted molar refractivity (Wildman–Crippen MR) is 274 cm³/mol. The third-order valence-corrected chi connectivity index (χ3v) is 13.2. The molecule has 11 heteroatoms. The molecule has 5 aromatic carbocycles. The number of carbonyl (C=O) groups excluding carboxylic acids is 1. The summed E-state index contributed by atoms with van der Waals surface area (Å²) in [4.78, 5) is 46.1. The van der Waals surface area contributed by atoms with Gasteiger partial charge in [-0.1, -0.05) is 82.9 Å². The molecular formula is C57H43Cl2N5O4. The topological polar surface area (TPSA) is 122 Å². The molecule has 8 bridgehead atoms. The molecule has 10 rings (SSSR count). The summed E-state index contributed by atoms with van der Waals surface area (Å²) in [5.41, 5.74) is 15.5. The van der Waals surface area contributed by atoms with Crippen LogP contribution >= 0.6 is 23.2 Å². The number of hydrogen-bond donors (Lipinski definition) is 1. The first-order valence-corrected chi connectivity index (χ1v) is 22.8. The number of ether oxygens (including phenoxy) is 1. The van der Waals surface area contributed by atoms with E-state index in [1.165, 1.54) is 24.3 Å². The molecule has 9 nitrogen and oxygen atoms in total. The van der Waals surface area contributed by atoms with Crippen molar-refractivity contribution >= 4 is 68.7 Å². The Morgan fingerprint density at radius 2 is 1.09 bits per heavy atom. The first kappa shape index (κ1) is 44.1. The molecule has 1 atom stereocenters. The van der Waals surface area contributed by atoms with Crippen LogP contribution in [0.4, 0.5) is 5.69 Å². The van der Waals surface area contributed by atoms with Gasteiger partial charge in [0.1, 0.15) is 0 Å². The predicted octanol–water partition coefficient (Wildman–Crippen LogP) is 13.8. The third kappa shape index (κ3) is 7.73. The average molecular weight is 933 g/mol. The molecule has 1 aromatic heterocycles. The Kier molecular flexibility index (Phi) is 11.1. The Bertz CT molecular complexity index is 3420. The van der Waals surface area contributed by atoms with Crippen molar-refractivity contribution in [1.29, 1.82) is 0 Å². The fourth-order valence-corrected chi connectivity index (χ4v) is 10.2. The van der Waals surface area contributed by atoms with E-state index in [9.17, 15) is 14.9 Å². The van der Waals surface area contributed by atoms with Crippen molar-refractivity contribution in [3.8, 4) is 0 Å². The maximum Gasteiger partial charge on any atom is 0.339 e. The van der Waals surface area contributed by atoms with Gasteiger partial charge in [0.2, 0.25) is 5.60 Å². The Morgan fingerprint density at radius 1 is 0.588 bits per heavy atom. The number of halogens is 2. The van der Waals surface area contributed by atoms with Crippen molar-refractivity contribution in [2.24, 2.45) is 15.0 Å². The SMILES string of the molecule is Cc1cc(C)c(C2=C3C=CC(=N3)C(c3ccc(Cl)cc3)=C3C=CC(=N3)/C(c3c(C)cc(C)cc3C)=C3/C=CC(=N3)C(OC(=O)c3ccc([N+](=O)[O-])cc3)(c3ccc(Cl)cc3)c3ccc2[nH]3)c(C)c1. The Hall–Kier alpha value is -7.72. The summed E-state index contributed by atoms with van der Waals surface area (Å²) in [5, 5.41) is 12.8. The van der Waals surface area contributed by atoms with Crippen LogP contribution in [0.5, 0.6) is 0 Å². The minimum absolute atomic E-state index is 0.112. The van der Waals surface area contributed by atoms with Gasteiger partial charge in [0, 0.05) is 50.2 Å². The molecule has 0 amide bonds. The smallest absolute Gasteiger partial charge is 0.339 e. The van der Waals surface area contributed by atoms with Gasteiger partial charge >= 0.3 is 5.97 Å². The molecule has 4 aliphatic heterocycles. The average Bonchev–Trinajstić information content (AvgIpc) is 4.16. The number of hydrogen-bond acceptors (Lipinski definition) is 7. The summed E-state index contributed by atoms with van der Waals surface area (Å²) >= 11 is 13.1. The number of aliphatic imine (C=N–C) groups is 3. The minimum Gasteiger partial charge on any atom is -0.437 e. The zero-order valence-electron chi connectivity index (χ0n) is 38.0. The van der Waals surface area contributed by atoms with Crippen molar-refractivity contribution < 1.29 is 14.5 Å². The normalized spacial score (nSPS) is 18.3. The number of nitro groups is 1. The molecule has 0 fully saturated rings. The summed E-state index contributed by atoms with van der Waals surface area (Å²) in [7, 11) is 0. The molecule has 1 unspecified atom stereocenters. The molecule has 0 spiro atoms. The van der Waals surface area contributed by atoms with Crippen LogP contribution in [0.25, 0.3) is 16.7 Å².